The summed E-state index contributed by atoms with van der Waals surface area (Å²) in [6.45, 7) is 1.84. The molecule has 0 saturated heterocycles. The van der Waals surface area contributed by atoms with Crippen molar-refractivity contribution in [2.75, 3.05) is 5.32 Å². The summed E-state index contributed by atoms with van der Waals surface area (Å²) in [4.78, 5) is 11.0. The fourth-order valence-electron chi connectivity index (χ4n) is 1.82. The van der Waals surface area contributed by atoms with Crippen LogP contribution in [0.4, 0.5) is 14.5 Å². The molecule has 5 heteroatoms. The predicted octanol–water partition coefficient (Wildman–Crippen LogP) is 2.98. The highest BCUT2D eigenvalue weighted by Gasteiger charge is 2.08. The van der Waals surface area contributed by atoms with Crippen LogP contribution in [0.2, 0.25) is 0 Å². The maximum atomic E-state index is 13.6. The number of carbonyl (C=O) groups is 1. The maximum Gasteiger partial charge on any atom is 0.248 e. The van der Waals surface area contributed by atoms with Crippen molar-refractivity contribution in [1.82, 2.24) is 0 Å². The molecule has 20 heavy (non-hydrogen) atoms. The van der Waals surface area contributed by atoms with Crippen molar-refractivity contribution in [2.24, 2.45) is 5.73 Å². The van der Waals surface area contributed by atoms with Crippen molar-refractivity contribution in [1.29, 1.82) is 0 Å². The highest BCUT2D eigenvalue weighted by molar-refractivity contribution is 5.92. The summed E-state index contributed by atoms with van der Waals surface area (Å²) in [5.41, 5.74) is 6.68. The number of anilines is 1. The zero-order valence-electron chi connectivity index (χ0n) is 10.9. The minimum atomic E-state index is -0.632. The molecule has 0 heterocycles. The number of primary amides is 1. The molecule has 0 atom stereocenters. The number of benzene rings is 2. The molecule has 0 fully saturated rings. The van der Waals surface area contributed by atoms with Crippen molar-refractivity contribution in [2.45, 2.75) is 13.5 Å². The molecule has 0 saturated carbocycles. The molecule has 0 aromatic heterocycles. The van der Waals surface area contributed by atoms with Gasteiger partial charge in [0.2, 0.25) is 5.91 Å². The first-order valence-electron chi connectivity index (χ1n) is 6.05. The first kappa shape index (κ1) is 14.0. The van der Waals surface area contributed by atoms with Crippen LogP contribution in [0.25, 0.3) is 0 Å². The van der Waals surface area contributed by atoms with E-state index in [0.29, 0.717) is 0 Å². The van der Waals surface area contributed by atoms with Crippen molar-refractivity contribution >= 4 is 11.6 Å². The normalized spacial score (nSPS) is 10.3. The van der Waals surface area contributed by atoms with Crippen LogP contribution in [0.3, 0.4) is 0 Å². The average molecular weight is 276 g/mol. The molecular weight excluding hydrogens is 262 g/mol. The molecule has 0 radical (unpaired) electrons. The third-order valence-corrected chi connectivity index (χ3v) is 2.92. The van der Waals surface area contributed by atoms with Gasteiger partial charge in [-0.15, -0.1) is 0 Å². The number of hydrogen-bond donors (Lipinski definition) is 2. The minimum Gasteiger partial charge on any atom is -0.378 e. The molecule has 2 rings (SSSR count). The van der Waals surface area contributed by atoms with E-state index in [0.717, 1.165) is 5.56 Å². The van der Waals surface area contributed by atoms with E-state index in [4.69, 9.17) is 5.73 Å². The Morgan fingerprint density at radius 2 is 1.90 bits per heavy atom. The number of carbonyl (C=O) groups excluding carboxylic acids is 1. The van der Waals surface area contributed by atoms with E-state index in [-0.39, 0.29) is 23.4 Å². The van der Waals surface area contributed by atoms with Gasteiger partial charge in [0, 0.05) is 17.7 Å². The second-order valence-electron chi connectivity index (χ2n) is 4.51. The van der Waals surface area contributed by atoms with Gasteiger partial charge in [0.1, 0.15) is 11.6 Å². The molecule has 0 aliphatic carbocycles. The van der Waals surface area contributed by atoms with Crippen LogP contribution in [0.1, 0.15) is 21.5 Å². The fraction of sp³-hybridized carbons (Fsp3) is 0.133. The third-order valence-electron chi connectivity index (χ3n) is 2.92. The quantitative estimate of drug-likeness (QED) is 0.902. The monoisotopic (exact) mass is 276 g/mol. The fourth-order valence-corrected chi connectivity index (χ4v) is 1.82. The van der Waals surface area contributed by atoms with Crippen LogP contribution < -0.4 is 11.1 Å². The molecule has 2 aromatic rings. The number of nitrogens with one attached hydrogen (secondary N) is 1. The van der Waals surface area contributed by atoms with Crippen LogP contribution in [-0.2, 0) is 6.54 Å². The summed E-state index contributed by atoms with van der Waals surface area (Å²) in [5.74, 6) is -1.51. The Bertz CT molecular complexity index is 656. The van der Waals surface area contributed by atoms with Gasteiger partial charge in [-0.05, 0) is 42.8 Å². The van der Waals surface area contributed by atoms with E-state index < -0.39 is 17.5 Å². The van der Waals surface area contributed by atoms with E-state index in [9.17, 15) is 13.6 Å². The first-order valence-corrected chi connectivity index (χ1v) is 6.05. The number of amides is 1. The van der Waals surface area contributed by atoms with Crippen LogP contribution in [0.15, 0.2) is 36.4 Å². The van der Waals surface area contributed by atoms with Gasteiger partial charge in [0.05, 0.1) is 5.69 Å². The summed E-state index contributed by atoms with van der Waals surface area (Å²) in [6, 6.07) is 8.56. The van der Waals surface area contributed by atoms with Crippen molar-refractivity contribution in [3.63, 3.8) is 0 Å². The van der Waals surface area contributed by atoms with E-state index in [2.05, 4.69) is 5.32 Å². The lowest BCUT2D eigenvalue weighted by atomic mass is 10.1. The summed E-state index contributed by atoms with van der Waals surface area (Å²) >= 11 is 0. The molecule has 2 aromatic carbocycles. The van der Waals surface area contributed by atoms with Gasteiger partial charge in [0.15, 0.2) is 0 Å². The topological polar surface area (TPSA) is 55.1 Å². The molecule has 0 spiro atoms. The number of nitrogens with two attached hydrogens (primary N) is 1. The summed E-state index contributed by atoms with van der Waals surface area (Å²) < 4.78 is 27.2. The molecule has 3 N–H and O–H groups in total. The molecule has 0 aliphatic heterocycles. The Morgan fingerprint density at radius 1 is 1.15 bits per heavy atom. The van der Waals surface area contributed by atoms with Crippen molar-refractivity contribution in [3.8, 4) is 0 Å². The SMILES string of the molecule is Cc1ccc(NCc2cc(C(N)=O)ccc2F)c(F)c1. The number of rotatable bonds is 4. The molecule has 3 nitrogen and oxygen atoms in total. The van der Waals surface area contributed by atoms with Gasteiger partial charge in [0.25, 0.3) is 0 Å². The molecular formula is C15H14F2N2O. The van der Waals surface area contributed by atoms with E-state index in [1.807, 2.05) is 0 Å². The Balaban J connectivity index is 2.18. The van der Waals surface area contributed by atoms with Gasteiger partial charge in [-0.1, -0.05) is 6.07 Å². The largest absolute Gasteiger partial charge is 0.378 e. The van der Waals surface area contributed by atoms with Crippen molar-refractivity contribution < 1.29 is 13.6 Å². The molecule has 0 bridgehead atoms. The molecule has 0 unspecified atom stereocenters. The zero-order valence-corrected chi connectivity index (χ0v) is 10.9. The number of halogens is 2. The lowest BCUT2D eigenvalue weighted by Gasteiger charge is -2.10. The molecule has 0 aliphatic rings. The van der Waals surface area contributed by atoms with Crippen LogP contribution in [-0.4, -0.2) is 5.91 Å². The predicted molar refractivity (Wildman–Crippen MR) is 73.4 cm³/mol. The van der Waals surface area contributed by atoms with Crippen LogP contribution in [0, 0.1) is 18.6 Å². The highest BCUT2D eigenvalue weighted by atomic mass is 19.1. The minimum absolute atomic E-state index is 0.0624. The second kappa shape index (κ2) is 5.69. The lowest BCUT2D eigenvalue weighted by Crippen LogP contribution is -2.12. The second-order valence-corrected chi connectivity index (χ2v) is 4.51. The summed E-state index contributed by atoms with van der Waals surface area (Å²) in [5, 5.41) is 2.80. The van der Waals surface area contributed by atoms with Gasteiger partial charge < -0.3 is 11.1 Å². The Labute approximate surface area is 115 Å². The van der Waals surface area contributed by atoms with Gasteiger partial charge >= 0.3 is 0 Å². The highest BCUT2D eigenvalue weighted by Crippen LogP contribution is 2.18. The Morgan fingerprint density at radius 3 is 2.55 bits per heavy atom. The summed E-state index contributed by atoms with van der Waals surface area (Å²) in [6.07, 6.45) is 0. The van der Waals surface area contributed by atoms with E-state index in [1.165, 1.54) is 24.3 Å². The molecule has 104 valence electrons. The first-order chi connectivity index (χ1) is 9.47. The standard InChI is InChI=1S/C15H14F2N2O/c1-9-2-5-14(13(17)6-9)19-8-11-7-10(15(18)20)3-4-12(11)16/h2-7,19H,8H2,1H3,(H2,18,20). The maximum absolute atomic E-state index is 13.6. The van der Waals surface area contributed by atoms with Crippen LogP contribution >= 0.6 is 0 Å². The smallest absolute Gasteiger partial charge is 0.248 e. The van der Waals surface area contributed by atoms with Gasteiger partial charge in [-0.3, -0.25) is 4.79 Å². The lowest BCUT2D eigenvalue weighted by molar-refractivity contribution is 0.1000. The average Bonchev–Trinajstić information content (AvgIpc) is 2.39. The summed E-state index contributed by atoms with van der Waals surface area (Å²) in [7, 11) is 0. The third kappa shape index (κ3) is 3.12. The number of hydrogen-bond acceptors (Lipinski definition) is 2. The Hall–Kier alpha value is -2.43. The Kier molecular flexibility index (Phi) is 3.98. The zero-order chi connectivity index (χ0) is 14.7. The van der Waals surface area contributed by atoms with E-state index >= 15 is 0 Å². The molecule has 1 amide bonds. The van der Waals surface area contributed by atoms with Gasteiger partial charge in [-0.25, -0.2) is 8.78 Å². The van der Waals surface area contributed by atoms with Gasteiger partial charge in [-0.2, -0.15) is 0 Å². The van der Waals surface area contributed by atoms with E-state index in [1.54, 1.807) is 19.1 Å². The number of aryl methyl sites for hydroxylation is 1. The van der Waals surface area contributed by atoms with Crippen LogP contribution in [0.5, 0.6) is 0 Å². The van der Waals surface area contributed by atoms with Crippen molar-refractivity contribution in [3.05, 3.63) is 64.7 Å².